The van der Waals surface area contributed by atoms with Crippen molar-refractivity contribution < 1.29 is 4.79 Å². The van der Waals surface area contributed by atoms with E-state index in [2.05, 4.69) is 20.3 Å². The highest BCUT2D eigenvalue weighted by atomic mass is 35.5. The molecule has 0 aromatic carbocycles. The topological polar surface area (TPSA) is 67.8 Å². The van der Waals surface area contributed by atoms with Crippen LogP contribution in [0.4, 0.5) is 5.82 Å². The van der Waals surface area contributed by atoms with Gasteiger partial charge in [-0.25, -0.2) is 15.0 Å². The lowest BCUT2D eigenvalue weighted by molar-refractivity contribution is -0.117. The van der Waals surface area contributed by atoms with Gasteiger partial charge < -0.3 is 5.32 Å². The molecule has 1 fully saturated rings. The molecule has 98 valence electrons. The van der Waals surface area contributed by atoms with Gasteiger partial charge >= 0.3 is 0 Å². The van der Waals surface area contributed by atoms with Crippen LogP contribution in [0.3, 0.4) is 0 Å². The van der Waals surface area contributed by atoms with Crippen molar-refractivity contribution in [3.8, 4) is 0 Å². The van der Waals surface area contributed by atoms with E-state index in [0.29, 0.717) is 11.0 Å². The summed E-state index contributed by atoms with van der Waals surface area (Å²) in [6.45, 7) is 1.96. The normalized spacial score (nSPS) is 21.2. The average molecular weight is 295 g/mol. The maximum atomic E-state index is 12.0. The van der Waals surface area contributed by atoms with Crippen LogP contribution >= 0.6 is 22.9 Å². The van der Waals surface area contributed by atoms with Gasteiger partial charge in [0.15, 0.2) is 0 Å². The first-order valence-corrected chi connectivity index (χ1v) is 7.09. The molecule has 5 nitrogen and oxygen atoms in total. The van der Waals surface area contributed by atoms with Gasteiger partial charge in [0, 0.05) is 29.0 Å². The number of amides is 1. The van der Waals surface area contributed by atoms with E-state index >= 15 is 0 Å². The van der Waals surface area contributed by atoms with Crippen molar-refractivity contribution in [2.24, 2.45) is 5.92 Å². The molecule has 0 unspecified atom stereocenters. The lowest BCUT2D eigenvalue weighted by Crippen LogP contribution is -2.15. The molecule has 0 aliphatic heterocycles. The summed E-state index contributed by atoms with van der Waals surface area (Å²) in [5, 5.41) is 6.11. The van der Waals surface area contributed by atoms with Crippen LogP contribution in [0.15, 0.2) is 17.8 Å². The summed E-state index contributed by atoms with van der Waals surface area (Å²) in [6.07, 6.45) is 2.17. The number of thiazole rings is 1. The Hall–Kier alpha value is -1.53. The highest BCUT2D eigenvalue weighted by Crippen LogP contribution is 2.48. The van der Waals surface area contributed by atoms with Crippen LogP contribution in [0.1, 0.15) is 23.0 Å². The van der Waals surface area contributed by atoms with E-state index < -0.39 is 0 Å². The van der Waals surface area contributed by atoms with Crippen LogP contribution in [-0.2, 0) is 4.79 Å². The van der Waals surface area contributed by atoms with Gasteiger partial charge in [-0.15, -0.1) is 11.3 Å². The van der Waals surface area contributed by atoms with Crippen molar-refractivity contribution in [3.63, 3.8) is 0 Å². The Labute approximate surface area is 119 Å². The summed E-state index contributed by atoms with van der Waals surface area (Å²) in [4.78, 5) is 24.2. The van der Waals surface area contributed by atoms with Gasteiger partial charge in [0.05, 0.1) is 5.01 Å². The fourth-order valence-electron chi connectivity index (χ4n) is 1.92. The predicted molar refractivity (Wildman–Crippen MR) is 73.4 cm³/mol. The molecule has 0 radical (unpaired) electrons. The second-order valence-corrected chi connectivity index (χ2v) is 5.77. The SMILES string of the molecule is Cc1csc([C@H]2C[C@@H]2C(=O)Nc2cc(Cl)ncn2)n1. The van der Waals surface area contributed by atoms with E-state index in [1.807, 2.05) is 12.3 Å². The molecule has 7 heteroatoms. The van der Waals surface area contributed by atoms with E-state index in [9.17, 15) is 4.79 Å². The van der Waals surface area contributed by atoms with Gasteiger partial charge in [-0.05, 0) is 13.3 Å². The number of nitrogens with zero attached hydrogens (tertiary/aromatic N) is 3. The zero-order valence-electron chi connectivity index (χ0n) is 10.1. The molecule has 0 spiro atoms. The van der Waals surface area contributed by atoms with Crippen LogP contribution in [0.25, 0.3) is 0 Å². The van der Waals surface area contributed by atoms with Crippen LogP contribution in [0.2, 0.25) is 5.15 Å². The number of aromatic nitrogens is 3. The number of hydrogen-bond donors (Lipinski definition) is 1. The number of rotatable bonds is 3. The first kappa shape index (κ1) is 12.5. The molecule has 0 saturated heterocycles. The summed E-state index contributed by atoms with van der Waals surface area (Å²) in [5.74, 6) is 0.633. The van der Waals surface area contributed by atoms with Crippen molar-refractivity contribution in [2.45, 2.75) is 19.3 Å². The van der Waals surface area contributed by atoms with Crippen molar-refractivity contribution in [2.75, 3.05) is 5.32 Å². The highest BCUT2D eigenvalue weighted by Gasteiger charge is 2.45. The lowest BCUT2D eigenvalue weighted by atomic mass is 10.3. The van der Waals surface area contributed by atoms with Crippen LogP contribution < -0.4 is 5.32 Å². The number of halogens is 1. The number of aryl methyl sites for hydroxylation is 1. The summed E-state index contributed by atoms with van der Waals surface area (Å²) < 4.78 is 0. The monoisotopic (exact) mass is 294 g/mol. The molecule has 19 heavy (non-hydrogen) atoms. The Kier molecular flexibility index (Phi) is 3.20. The number of hydrogen-bond acceptors (Lipinski definition) is 5. The fourth-order valence-corrected chi connectivity index (χ4v) is 3.04. The Morgan fingerprint density at radius 1 is 1.53 bits per heavy atom. The molecule has 1 amide bonds. The van der Waals surface area contributed by atoms with Crippen LogP contribution in [0.5, 0.6) is 0 Å². The Bertz CT molecular complexity index is 630. The smallest absolute Gasteiger partial charge is 0.229 e. The van der Waals surface area contributed by atoms with Gasteiger partial charge in [-0.3, -0.25) is 4.79 Å². The molecular weight excluding hydrogens is 284 g/mol. The maximum Gasteiger partial charge on any atom is 0.229 e. The molecule has 1 aliphatic rings. The highest BCUT2D eigenvalue weighted by molar-refractivity contribution is 7.09. The molecule has 2 aromatic heterocycles. The first-order chi connectivity index (χ1) is 9.13. The van der Waals surface area contributed by atoms with Crippen LogP contribution in [-0.4, -0.2) is 20.9 Å². The molecule has 0 bridgehead atoms. The second-order valence-electron chi connectivity index (χ2n) is 4.49. The number of nitrogens with one attached hydrogen (secondary N) is 1. The summed E-state index contributed by atoms with van der Waals surface area (Å²) in [5.41, 5.74) is 1.01. The number of carbonyl (C=O) groups is 1. The minimum Gasteiger partial charge on any atom is -0.310 e. The third-order valence-electron chi connectivity index (χ3n) is 2.97. The average Bonchev–Trinajstić information content (AvgIpc) is 3.05. The molecule has 1 N–H and O–H groups in total. The third kappa shape index (κ3) is 2.74. The molecule has 2 aromatic rings. The molecule has 1 aliphatic carbocycles. The predicted octanol–water partition coefficient (Wildman–Crippen LogP) is 2.64. The molecule has 1 saturated carbocycles. The largest absolute Gasteiger partial charge is 0.310 e. The van der Waals surface area contributed by atoms with Crippen LogP contribution in [0, 0.1) is 12.8 Å². The second kappa shape index (κ2) is 4.86. The van der Waals surface area contributed by atoms with Crippen molar-refractivity contribution in [3.05, 3.63) is 33.6 Å². The summed E-state index contributed by atoms with van der Waals surface area (Å²) >= 11 is 7.35. The van der Waals surface area contributed by atoms with E-state index in [-0.39, 0.29) is 17.7 Å². The number of anilines is 1. The lowest BCUT2D eigenvalue weighted by Gasteiger charge is -2.03. The van der Waals surface area contributed by atoms with E-state index in [1.165, 1.54) is 12.4 Å². The zero-order valence-corrected chi connectivity index (χ0v) is 11.7. The maximum absolute atomic E-state index is 12.0. The summed E-state index contributed by atoms with van der Waals surface area (Å²) in [7, 11) is 0. The van der Waals surface area contributed by atoms with E-state index in [1.54, 1.807) is 11.3 Å². The molecule has 2 heterocycles. The van der Waals surface area contributed by atoms with E-state index in [4.69, 9.17) is 11.6 Å². The molecule has 3 rings (SSSR count). The standard InChI is InChI=1S/C12H11ClN4OS/c1-6-4-19-12(16-6)8-2-7(8)11(18)17-10-3-9(13)14-5-15-10/h3-5,7-8H,2H2,1H3,(H,14,15,17,18)/t7-,8-/m0/s1. The third-order valence-corrected chi connectivity index (χ3v) is 4.27. The first-order valence-electron chi connectivity index (χ1n) is 5.84. The minimum atomic E-state index is -0.0346. The van der Waals surface area contributed by atoms with Gasteiger partial charge in [0.2, 0.25) is 5.91 Å². The fraction of sp³-hybridized carbons (Fsp3) is 0.333. The minimum absolute atomic E-state index is 0.0145. The van der Waals surface area contributed by atoms with E-state index in [0.717, 1.165) is 17.1 Å². The Morgan fingerprint density at radius 3 is 3.05 bits per heavy atom. The van der Waals surface area contributed by atoms with Crippen molar-refractivity contribution in [1.29, 1.82) is 0 Å². The Morgan fingerprint density at radius 2 is 2.37 bits per heavy atom. The van der Waals surface area contributed by atoms with Crippen molar-refractivity contribution in [1.82, 2.24) is 15.0 Å². The molecule has 2 atom stereocenters. The van der Waals surface area contributed by atoms with Gasteiger partial charge in [0.25, 0.3) is 0 Å². The van der Waals surface area contributed by atoms with Gasteiger partial charge in [-0.2, -0.15) is 0 Å². The van der Waals surface area contributed by atoms with Crippen molar-refractivity contribution >= 4 is 34.7 Å². The number of carbonyl (C=O) groups excluding carboxylic acids is 1. The zero-order chi connectivity index (χ0) is 13.4. The quantitative estimate of drug-likeness (QED) is 0.884. The van der Waals surface area contributed by atoms with Gasteiger partial charge in [-0.1, -0.05) is 11.6 Å². The molecular formula is C12H11ClN4OS. The van der Waals surface area contributed by atoms with Gasteiger partial charge in [0.1, 0.15) is 17.3 Å². The summed E-state index contributed by atoms with van der Waals surface area (Å²) in [6, 6.07) is 1.53. The Balaban J connectivity index is 1.64.